The van der Waals surface area contributed by atoms with Crippen LogP contribution in [0, 0.1) is 0 Å². The molecule has 1 heterocycles. The average Bonchev–Trinajstić information content (AvgIpc) is 3.08. The van der Waals surface area contributed by atoms with Crippen LogP contribution in [0.25, 0.3) is 0 Å². The maximum Gasteiger partial charge on any atom is 0.326 e. The number of hydrogen-bond donors (Lipinski definition) is 3. The molecule has 0 radical (unpaired) electrons. The normalized spacial score (nSPS) is 16.9. The quantitative estimate of drug-likeness (QED) is 0.132. The van der Waals surface area contributed by atoms with Crippen LogP contribution in [0.5, 0.6) is 0 Å². The van der Waals surface area contributed by atoms with Crippen LogP contribution in [-0.4, -0.2) is 191 Å². The first-order chi connectivity index (χ1) is 30.0. The highest BCUT2D eigenvalue weighted by Gasteiger charge is 2.31. The van der Waals surface area contributed by atoms with E-state index in [1.165, 1.54) is 0 Å². The number of carboxylic acid groups (broad SMARTS) is 1. The van der Waals surface area contributed by atoms with Crippen LogP contribution < -0.4 is 10.6 Å². The van der Waals surface area contributed by atoms with E-state index in [2.05, 4.69) is 10.6 Å². The largest absolute Gasteiger partial charge is 0.480 e. The second-order valence-electron chi connectivity index (χ2n) is 21.6. The summed E-state index contributed by atoms with van der Waals surface area (Å²) in [6.07, 6.45) is -1.14. The number of carbonyl (C=O) groups is 8. The Hall–Kier alpha value is -4.40. The van der Waals surface area contributed by atoms with Gasteiger partial charge in [0.15, 0.2) is 0 Å². The molecule has 380 valence electrons. The summed E-state index contributed by atoms with van der Waals surface area (Å²) in [5.74, 6) is -5.59. The maximum absolute atomic E-state index is 14.0. The molecule has 1 aliphatic rings. The number of rotatable bonds is 18. The summed E-state index contributed by atoms with van der Waals surface area (Å²) in [6.45, 7) is 27.8. The lowest BCUT2D eigenvalue weighted by Crippen LogP contribution is -2.54. The monoisotopic (exact) mass is 943 g/mol. The Bertz CT molecular complexity index is 1590. The Morgan fingerprint density at radius 1 is 0.409 bits per heavy atom. The summed E-state index contributed by atoms with van der Waals surface area (Å²) in [7, 11) is 0. The van der Waals surface area contributed by atoms with Gasteiger partial charge in [0.1, 0.15) is 40.1 Å². The number of nitrogens with one attached hydrogen (secondary N) is 2. The lowest BCUT2D eigenvalue weighted by molar-refractivity contribution is -0.158. The summed E-state index contributed by atoms with van der Waals surface area (Å²) in [5.41, 5.74) is -3.85. The third-order valence-electron chi connectivity index (χ3n) is 9.00. The Kier molecular flexibility index (Phi) is 23.7. The van der Waals surface area contributed by atoms with Crippen molar-refractivity contribution in [2.45, 2.75) is 170 Å². The van der Waals surface area contributed by atoms with Crippen LogP contribution in [0.1, 0.15) is 130 Å². The van der Waals surface area contributed by atoms with Gasteiger partial charge in [-0.2, -0.15) is 0 Å². The molecule has 1 fully saturated rings. The number of esters is 5. The molecule has 2 amide bonds. The molecule has 0 bridgehead atoms. The first-order valence-electron chi connectivity index (χ1n) is 22.8. The van der Waals surface area contributed by atoms with E-state index in [-0.39, 0.29) is 78.0 Å². The summed E-state index contributed by atoms with van der Waals surface area (Å²) in [4.78, 5) is 112. The second-order valence-corrected chi connectivity index (χ2v) is 21.6. The minimum absolute atomic E-state index is 0.0380. The van der Waals surface area contributed by atoms with Gasteiger partial charge in [0.2, 0.25) is 11.8 Å². The topological polar surface area (TPSA) is 240 Å². The molecule has 0 aromatic heterocycles. The van der Waals surface area contributed by atoms with Gasteiger partial charge in [0.25, 0.3) is 0 Å². The predicted octanol–water partition coefficient (Wildman–Crippen LogP) is 2.53. The molecule has 0 aliphatic carbocycles. The van der Waals surface area contributed by atoms with E-state index in [0.29, 0.717) is 26.2 Å². The molecule has 1 saturated heterocycles. The molecular formula is C46H82N6O14. The standard InChI is InChI=1S/C46H82N6O14/c1-42(2,3)62-35(54)18-16-32(40(59)48-33(41(60)61)17-19-36(55)63-43(4,5)6)47-34(53)28-49-20-22-50(29-37(56)64-44(7,8)9)24-26-52(31-39(58)66-46(13,14)15)27-25-51(23-21-49)30-38(57)65-45(10,11)12/h32-33H,16-31H2,1-15H3,(H,47,53)(H,48,59)(H,60,61)/t32-,33-/m0/s1. The van der Waals surface area contributed by atoms with Crippen molar-refractivity contribution in [2.75, 3.05) is 78.5 Å². The fourth-order valence-electron chi connectivity index (χ4n) is 6.43. The number of carboxylic acids is 1. The summed E-state index contributed by atoms with van der Waals surface area (Å²) in [6, 6.07) is -2.91. The Morgan fingerprint density at radius 2 is 0.667 bits per heavy atom. The highest BCUT2D eigenvalue weighted by atomic mass is 16.6. The third-order valence-corrected chi connectivity index (χ3v) is 9.00. The fourth-order valence-corrected chi connectivity index (χ4v) is 6.43. The molecule has 20 heteroatoms. The van der Waals surface area contributed by atoms with E-state index in [4.69, 9.17) is 23.7 Å². The summed E-state index contributed by atoms with van der Waals surface area (Å²) >= 11 is 0. The van der Waals surface area contributed by atoms with Gasteiger partial charge in [0.05, 0.1) is 26.2 Å². The minimum Gasteiger partial charge on any atom is -0.480 e. The van der Waals surface area contributed by atoms with Crippen LogP contribution >= 0.6 is 0 Å². The zero-order valence-electron chi connectivity index (χ0n) is 42.5. The number of aliphatic carboxylic acids is 1. The zero-order valence-corrected chi connectivity index (χ0v) is 42.5. The predicted molar refractivity (Wildman–Crippen MR) is 245 cm³/mol. The van der Waals surface area contributed by atoms with Crippen molar-refractivity contribution >= 4 is 47.6 Å². The smallest absolute Gasteiger partial charge is 0.326 e. The van der Waals surface area contributed by atoms with Crippen LogP contribution in [0.4, 0.5) is 0 Å². The SMILES string of the molecule is CC(C)(C)OC(=O)CC[C@H](NC(=O)[C@H](CCC(=O)OC(C)(C)C)NC(=O)CN1CCN(CC(=O)OC(C)(C)C)CCN(CC(=O)OC(C)(C)C)CCN(CC(=O)OC(C)(C)C)CC1)C(=O)O. The lowest BCUT2D eigenvalue weighted by atomic mass is 10.1. The zero-order chi connectivity index (χ0) is 50.8. The molecule has 1 rings (SSSR count). The summed E-state index contributed by atoms with van der Waals surface area (Å²) < 4.78 is 27.6. The molecule has 0 aromatic carbocycles. The van der Waals surface area contributed by atoms with E-state index in [0.717, 1.165) is 0 Å². The Balaban J connectivity index is 3.51. The first-order valence-corrected chi connectivity index (χ1v) is 22.8. The fraction of sp³-hybridized carbons (Fsp3) is 0.826. The van der Waals surface area contributed by atoms with Crippen molar-refractivity contribution in [2.24, 2.45) is 0 Å². The van der Waals surface area contributed by atoms with E-state index < -0.39 is 87.7 Å². The van der Waals surface area contributed by atoms with Crippen molar-refractivity contribution < 1.29 is 67.1 Å². The van der Waals surface area contributed by atoms with Crippen molar-refractivity contribution in [1.82, 2.24) is 30.2 Å². The van der Waals surface area contributed by atoms with Crippen LogP contribution in [-0.2, 0) is 62.0 Å². The average molecular weight is 943 g/mol. The Morgan fingerprint density at radius 3 is 0.939 bits per heavy atom. The highest BCUT2D eigenvalue weighted by molar-refractivity contribution is 5.91. The minimum atomic E-state index is -1.52. The molecule has 0 spiro atoms. The molecule has 0 saturated carbocycles. The van der Waals surface area contributed by atoms with Crippen molar-refractivity contribution in [1.29, 1.82) is 0 Å². The third kappa shape index (κ3) is 30.0. The van der Waals surface area contributed by atoms with Crippen molar-refractivity contribution in [3.05, 3.63) is 0 Å². The van der Waals surface area contributed by atoms with Gasteiger partial charge in [-0.3, -0.25) is 53.2 Å². The highest BCUT2D eigenvalue weighted by Crippen LogP contribution is 2.15. The molecule has 66 heavy (non-hydrogen) atoms. The van der Waals surface area contributed by atoms with E-state index in [1.54, 1.807) is 109 Å². The molecule has 1 aliphatic heterocycles. The van der Waals surface area contributed by atoms with Gasteiger partial charge in [-0.1, -0.05) is 0 Å². The van der Waals surface area contributed by atoms with Crippen molar-refractivity contribution in [3.63, 3.8) is 0 Å². The molecule has 0 unspecified atom stereocenters. The number of amides is 2. The lowest BCUT2D eigenvalue weighted by Gasteiger charge is -2.34. The van der Waals surface area contributed by atoms with Crippen molar-refractivity contribution in [3.8, 4) is 0 Å². The van der Waals surface area contributed by atoms with Crippen LogP contribution in [0.15, 0.2) is 0 Å². The molecule has 0 aromatic rings. The maximum atomic E-state index is 14.0. The number of hydrogen-bond acceptors (Lipinski definition) is 17. The van der Waals surface area contributed by atoms with E-state index >= 15 is 0 Å². The molecule has 2 atom stereocenters. The van der Waals surface area contributed by atoms with Crippen LogP contribution in [0.3, 0.4) is 0 Å². The van der Waals surface area contributed by atoms with Gasteiger partial charge < -0.3 is 39.4 Å². The van der Waals surface area contributed by atoms with Gasteiger partial charge in [-0.15, -0.1) is 0 Å². The van der Waals surface area contributed by atoms with E-state index in [9.17, 15) is 43.5 Å². The number of carbonyl (C=O) groups excluding carboxylic acids is 7. The molecular weight excluding hydrogens is 861 g/mol. The summed E-state index contributed by atoms with van der Waals surface area (Å²) in [5, 5.41) is 15.0. The van der Waals surface area contributed by atoms with E-state index in [1.807, 2.05) is 14.7 Å². The number of nitrogens with zero attached hydrogens (tertiary/aromatic N) is 4. The van der Waals surface area contributed by atoms with Crippen LogP contribution in [0.2, 0.25) is 0 Å². The van der Waals surface area contributed by atoms with Gasteiger partial charge >= 0.3 is 35.8 Å². The first kappa shape index (κ1) is 59.6. The Labute approximate surface area is 392 Å². The second kappa shape index (κ2) is 26.2. The number of ether oxygens (including phenoxy) is 5. The molecule has 3 N–H and O–H groups in total. The van der Waals surface area contributed by atoms with Gasteiger partial charge in [0, 0.05) is 65.2 Å². The molecule has 20 nitrogen and oxygen atoms in total. The van der Waals surface area contributed by atoms with Gasteiger partial charge in [-0.25, -0.2) is 4.79 Å². The van der Waals surface area contributed by atoms with Gasteiger partial charge in [-0.05, 0) is 117 Å².